The zero-order valence-electron chi connectivity index (χ0n) is 13.0. The van der Waals surface area contributed by atoms with Gasteiger partial charge in [-0.05, 0) is 25.0 Å². The van der Waals surface area contributed by atoms with E-state index in [1.54, 1.807) is 0 Å². The zero-order chi connectivity index (χ0) is 15.4. The molecule has 0 unspecified atom stereocenters. The van der Waals surface area contributed by atoms with Crippen LogP contribution in [-0.2, 0) is 4.74 Å². The molecule has 22 heavy (non-hydrogen) atoms. The third kappa shape index (κ3) is 3.42. The van der Waals surface area contributed by atoms with Crippen LogP contribution in [0.2, 0.25) is 0 Å². The lowest BCUT2D eigenvalue weighted by Gasteiger charge is -2.31. The number of benzene rings is 1. The molecule has 2 saturated heterocycles. The van der Waals surface area contributed by atoms with Gasteiger partial charge in [-0.1, -0.05) is 18.6 Å². The van der Waals surface area contributed by atoms with E-state index in [2.05, 4.69) is 4.90 Å². The first kappa shape index (κ1) is 15.3. The lowest BCUT2D eigenvalue weighted by Crippen LogP contribution is -2.41. The monoisotopic (exact) mass is 303 g/mol. The van der Waals surface area contributed by atoms with Crippen molar-refractivity contribution in [2.24, 2.45) is 5.73 Å². The quantitative estimate of drug-likeness (QED) is 0.899. The van der Waals surface area contributed by atoms with Crippen LogP contribution in [0.15, 0.2) is 24.3 Å². The van der Waals surface area contributed by atoms with Gasteiger partial charge in [0.1, 0.15) is 0 Å². The van der Waals surface area contributed by atoms with Crippen molar-refractivity contribution in [1.82, 2.24) is 4.90 Å². The van der Waals surface area contributed by atoms with Gasteiger partial charge in [-0.15, -0.1) is 0 Å². The van der Waals surface area contributed by atoms with Crippen LogP contribution in [0.4, 0.5) is 5.69 Å². The maximum atomic E-state index is 13.0. The molecule has 5 heteroatoms. The summed E-state index contributed by atoms with van der Waals surface area (Å²) in [5, 5.41) is 0. The summed E-state index contributed by atoms with van der Waals surface area (Å²) in [6.07, 6.45) is 3.16. The number of carbonyl (C=O) groups is 1. The van der Waals surface area contributed by atoms with Gasteiger partial charge < -0.3 is 20.3 Å². The number of para-hydroxylation sites is 1. The zero-order valence-corrected chi connectivity index (χ0v) is 13.0. The fourth-order valence-electron chi connectivity index (χ4n) is 3.26. The summed E-state index contributed by atoms with van der Waals surface area (Å²) in [7, 11) is 0. The standard InChI is InChI=1S/C17H25N3O2/c18-14-5-3-4-8-20(13-14)17(21)15-6-1-2-7-16(15)19-9-11-22-12-10-19/h1-2,6-7,14H,3-5,8-13,18H2/t14-/m0/s1. The molecule has 0 bridgehead atoms. The van der Waals surface area contributed by atoms with Crippen molar-refractivity contribution in [1.29, 1.82) is 0 Å². The summed E-state index contributed by atoms with van der Waals surface area (Å²) in [6, 6.07) is 8.01. The first-order valence-electron chi connectivity index (χ1n) is 8.22. The maximum Gasteiger partial charge on any atom is 0.256 e. The average molecular weight is 303 g/mol. The van der Waals surface area contributed by atoms with Crippen LogP contribution >= 0.6 is 0 Å². The third-order valence-electron chi connectivity index (χ3n) is 4.48. The molecule has 0 aliphatic carbocycles. The second kappa shape index (κ2) is 7.11. The summed E-state index contributed by atoms with van der Waals surface area (Å²) >= 11 is 0. The van der Waals surface area contributed by atoms with Gasteiger partial charge in [-0.25, -0.2) is 0 Å². The Labute approximate surface area is 132 Å². The van der Waals surface area contributed by atoms with E-state index in [1.165, 1.54) is 0 Å². The lowest BCUT2D eigenvalue weighted by molar-refractivity contribution is 0.0754. The van der Waals surface area contributed by atoms with Crippen LogP contribution in [0.1, 0.15) is 29.6 Å². The SMILES string of the molecule is N[C@H]1CCCCN(C(=O)c2ccccc2N2CCOCC2)C1. The van der Waals surface area contributed by atoms with E-state index in [9.17, 15) is 4.79 Å². The minimum Gasteiger partial charge on any atom is -0.378 e. The predicted molar refractivity (Wildman–Crippen MR) is 87.2 cm³/mol. The van der Waals surface area contributed by atoms with E-state index in [1.807, 2.05) is 29.2 Å². The Balaban J connectivity index is 1.82. The molecule has 2 heterocycles. The topological polar surface area (TPSA) is 58.8 Å². The van der Waals surface area contributed by atoms with E-state index >= 15 is 0 Å². The highest BCUT2D eigenvalue weighted by Crippen LogP contribution is 2.24. The molecule has 2 aliphatic heterocycles. The molecule has 1 aromatic rings. The molecule has 0 spiro atoms. The first-order chi connectivity index (χ1) is 10.8. The molecule has 1 atom stereocenters. The summed E-state index contributed by atoms with van der Waals surface area (Å²) in [5.74, 6) is 0.111. The number of hydrogen-bond acceptors (Lipinski definition) is 4. The molecule has 120 valence electrons. The van der Waals surface area contributed by atoms with Gasteiger partial charge in [-0.2, -0.15) is 0 Å². The number of carbonyl (C=O) groups excluding carboxylic acids is 1. The molecule has 2 aliphatic rings. The minimum absolute atomic E-state index is 0.0991. The highest BCUT2D eigenvalue weighted by atomic mass is 16.5. The van der Waals surface area contributed by atoms with Crippen LogP contribution in [0.5, 0.6) is 0 Å². The lowest BCUT2D eigenvalue weighted by atomic mass is 10.1. The summed E-state index contributed by atoms with van der Waals surface area (Å²) < 4.78 is 5.41. The second-order valence-corrected chi connectivity index (χ2v) is 6.12. The van der Waals surface area contributed by atoms with Crippen molar-refractivity contribution < 1.29 is 9.53 Å². The molecule has 0 aromatic heterocycles. The number of nitrogens with two attached hydrogens (primary N) is 1. The number of morpholine rings is 1. The molecular formula is C17H25N3O2. The van der Waals surface area contributed by atoms with Gasteiger partial charge in [-0.3, -0.25) is 4.79 Å². The largest absolute Gasteiger partial charge is 0.378 e. The van der Waals surface area contributed by atoms with Gasteiger partial charge in [0.25, 0.3) is 5.91 Å². The van der Waals surface area contributed by atoms with Crippen molar-refractivity contribution in [3.63, 3.8) is 0 Å². The summed E-state index contributed by atoms with van der Waals surface area (Å²) in [4.78, 5) is 17.1. The Morgan fingerprint density at radius 3 is 2.73 bits per heavy atom. The summed E-state index contributed by atoms with van der Waals surface area (Å²) in [6.45, 7) is 4.59. The van der Waals surface area contributed by atoms with E-state index in [-0.39, 0.29) is 11.9 Å². The summed E-state index contributed by atoms with van der Waals surface area (Å²) in [5.41, 5.74) is 7.91. The van der Waals surface area contributed by atoms with E-state index < -0.39 is 0 Å². The fourth-order valence-corrected chi connectivity index (χ4v) is 3.26. The van der Waals surface area contributed by atoms with Gasteiger partial charge >= 0.3 is 0 Å². The van der Waals surface area contributed by atoms with Crippen LogP contribution in [0.25, 0.3) is 0 Å². The maximum absolute atomic E-state index is 13.0. The minimum atomic E-state index is 0.0991. The highest BCUT2D eigenvalue weighted by molar-refractivity contribution is 5.99. The Kier molecular flexibility index (Phi) is 4.95. The van der Waals surface area contributed by atoms with Crippen LogP contribution < -0.4 is 10.6 Å². The van der Waals surface area contributed by atoms with Crippen LogP contribution in [0, 0.1) is 0 Å². The van der Waals surface area contributed by atoms with E-state index in [0.717, 1.165) is 63.4 Å². The molecule has 3 rings (SSSR count). The van der Waals surface area contributed by atoms with Gasteiger partial charge in [0.05, 0.1) is 18.8 Å². The van der Waals surface area contributed by atoms with Gasteiger partial charge in [0.2, 0.25) is 0 Å². The van der Waals surface area contributed by atoms with Crippen molar-refractivity contribution in [3.05, 3.63) is 29.8 Å². The number of rotatable bonds is 2. The smallest absolute Gasteiger partial charge is 0.256 e. The number of nitrogens with zero attached hydrogens (tertiary/aromatic N) is 2. The Hall–Kier alpha value is -1.59. The fraction of sp³-hybridized carbons (Fsp3) is 0.588. The molecule has 1 amide bonds. The highest BCUT2D eigenvalue weighted by Gasteiger charge is 2.24. The van der Waals surface area contributed by atoms with Gasteiger partial charge in [0.15, 0.2) is 0 Å². The Morgan fingerprint density at radius 1 is 1.14 bits per heavy atom. The number of likely N-dealkylation sites (tertiary alicyclic amines) is 1. The second-order valence-electron chi connectivity index (χ2n) is 6.12. The normalized spacial score (nSPS) is 23.2. The first-order valence-corrected chi connectivity index (χ1v) is 8.22. The molecule has 1 aromatic carbocycles. The van der Waals surface area contributed by atoms with Crippen LogP contribution in [0.3, 0.4) is 0 Å². The number of hydrogen-bond donors (Lipinski definition) is 1. The van der Waals surface area contributed by atoms with E-state index in [4.69, 9.17) is 10.5 Å². The van der Waals surface area contributed by atoms with Crippen molar-refractivity contribution in [2.45, 2.75) is 25.3 Å². The van der Waals surface area contributed by atoms with E-state index in [0.29, 0.717) is 6.54 Å². The van der Waals surface area contributed by atoms with Crippen molar-refractivity contribution >= 4 is 11.6 Å². The Bertz CT molecular complexity index is 514. The van der Waals surface area contributed by atoms with Crippen LogP contribution in [-0.4, -0.2) is 56.2 Å². The molecular weight excluding hydrogens is 278 g/mol. The number of anilines is 1. The number of ether oxygens (including phenoxy) is 1. The van der Waals surface area contributed by atoms with Crippen molar-refractivity contribution in [2.75, 3.05) is 44.3 Å². The molecule has 2 fully saturated rings. The molecule has 5 nitrogen and oxygen atoms in total. The average Bonchev–Trinajstić information content (AvgIpc) is 2.79. The molecule has 0 radical (unpaired) electrons. The number of amides is 1. The predicted octanol–water partition coefficient (Wildman–Crippen LogP) is 1.48. The van der Waals surface area contributed by atoms with Crippen molar-refractivity contribution in [3.8, 4) is 0 Å². The third-order valence-corrected chi connectivity index (χ3v) is 4.48. The Morgan fingerprint density at radius 2 is 1.91 bits per heavy atom. The molecule has 2 N–H and O–H groups in total. The van der Waals surface area contributed by atoms with Gasteiger partial charge in [0, 0.05) is 37.9 Å². The molecule has 0 saturated carbocycles.